The lowest BCUT2D eigenvalue weighted by atomic mass is 9.99. The molecule has 1 saturated heterocycles. The SMILES string of the molecule is CC[C@@H](C)c1ccc(OCC(=O)Nc2ccccc2N2CCN(C(=O)C(C)C)CC2)cc1. The summed E-state index contributed by atoms with van der Waals surface area (Å²) in [5, 5.41) is 2.98. The summed E-state index contributed by atoms with van der Waals surface area (Å²) in [6.07, 6.45) is 1.09. The number of hydrogen-bond donors (Lipinski definition) is 1. The van der Waals surface area contributed by atoms with Gasteiger partial charge in [-0.05, 0) is 42.2 Å². The van der Waals surface area contributed by atoms with Gasteiger partial charge in [-0.1, -0.05) is 52.0 Å². The van der Waals surface area contributed by atoms with Gasteiger partial charge in [-0.25, -0.2) is 0 Å². The Morgan fingerprint density at radius 3 is 2.25 bits per heavy atom. The highest BCUT2D eigenvalue weighted by molar-refractivity contribution is 5.95. The molecule has 1 atom stereocenters. The van der Waals surface area contributed by atoms with Crippen molar-refractivity contribution in [3.63, 3.8) is 0 Å². The van der Waals surface area contributed by atoms with Crippen LogP contribution in [0.15, 0.2) is 48.5 Å². The number of benzene rings is 2. The third kappa shape index (κ3) is 6.02. The monoisotopic (exact) mass is 437 g/mol. The first kappa shape index (κ1) is 23.6. The van der Waals surface area contributed by atoms with Gasteiger partial charge >= 0.3 is 0 Å². The van der Waals surface area contributed by atoms with Crippen molar-refractivity contribution >= 4 is 23.2 Å². The summed E-state index contributed by atoms with van der Waals surface area (Å²) in [5.41, 5.74) is 3.00. The molecule has 3 rings (SSSR count). The van der Waals surface area contributed by atoms with Crippen molar-refractivity contribution in [2.75, 3.05) is 43.0 Å². The van der Waals surface area contributed by atoms with Crippen LogP contribution in [0.2, 0.25) is 0 Å². The predicted molar refractivity (Wildman–Crippen MR) is 129 cm³/mol. The van der Waals surface area contributed by atoms with Gasteiger partial charge in [0, 0.05) is 32.1 Å². The van der Waals surface area contributed by atoms with E-state index in [4.69, 9.17) is 4.74 Å². The molecule has 1 aliphatic heterocycles. The summed E-state index contributed by atoms with van der Waals surface area (Å²) in [7, 11) is 0. The summed E-state index contributed by atoms with van der Waals surface area (Å²) in [5.74, 6) is 1.21. The number of carbonyl (C=O) groups excluding carboxylic acids is 2. The molecule has 172 valence electrons. The van der Waals surface area contributed by atoms with E-state index >= 15 is 0 Å². The van der Waals surface area contributed by atoms with Gasteiger partial charge in [-0.2, -0.15) is 0 Å². The van der Waals surface area contributed by atoms with Crippen LogP contribution < -0.4 is 15.0 Å². The molecule has 2 aromatic rings. The highest BCUT2D eigenvalue weighted by Crippen LogP contribution is 2.27. The molecule has 0 saturated carbocycles. The largest absolute Gasteiger partial charge is 0.484 e. The molecule has 1 fully saturated rings. The lowest BCUT2D eigenvalue weighted by Gasteiger charge is -2.37. The molecule has 1 heterocycles. The van der Waals surface area contributed by atoms with E-state index < -0.39 is 0 Å². The van der Waals surface area contributed by atoms with Crippen molar-refractivity contribution in [2.45, 2.75) is 40.0 Å². The lowest BCUT2D eigenvalue weighted by molar-refractivity contribution is -0.134. The van der Waals surface area contributed by atoms with Crippen LogP contribution >= 0.6 is 0 Å². The Bertz CT molecular complexity index is 903. The number of nitrogens with zero attached hydrogens (tertiary/aromatic N) is 2. The fraction of sp³-hybridized carbons (Fsp3) is 0.462. The number of amides is 2. The summed E-state index contributed by atoms with van der Waals surface area (Å²) in [4.78, 5) is 28.9. The predicted octanol–water partition coefficient (Wildman–Crippen LogP) is 4.52. The van der Waals surface area contributed by atoms with Crippen LogP contribution in [0.4, 0.5) is 11.4 Å². The first-order valence-electron chi connectivity index (χ1n) is 11.5. The summed E-state index contributed by atoms with van der Waals surface area (Å²) in [6, 6.07) is 15.7. The van der Waals surface area contributed by atoms with E-state index in [1.165, 1.54) is 5.56 Å². The molecule has 32 heavy (non-hydrogen) atoms. The van der Waals surface area contributed by atoms with E-state index in [0.29, 0.717) is 24.8 Å². The Kier molecular flexibility index (Phi) is 8.14. The van der Waals surface area contributed by atoms with Crippen molar-refractivity contribution in [1.29, 1.82) is 0 Å². The molecule has 0 spiro atoms. The minimum atomic E-state index is -0.197. The van der Waals surface area contributed by atoms with Crippen molar-refractivity contribution < 1.29 is 14.3 Å². The molecule has 2 aromatic carbocycles. The number of para-hydroxylation sites is 2. The maximum atomic E-state index is 12.6. The first-order valence-corrected chi connectivity index (χ1v) is 11.5. The van der Waals surface area contributed by atoms with Gasteiger partial charge in [0.05, 0.1) is 11.4 Å². The van der Waals surface area contributed by atoms with Crippen molar-refractivity contribution in [3.8, 4) is 5.75 Å². The van der Waals surface area contributed by atoms with E-state index in [9.17, 15) is 9.59 Å². The van der Waals surface area contributed by atoms with Crippen molar-refractivity contribution in [2.24, 2.45) is 5.92 Å². The number of piperazine rings is 1. The molecule has 1 aliphatic rings. The maximum absolute atomic E-state index is 12.6. The molecule has 6 heteroatoms. The van der Waals surface area contributed by atoms with Crippen LogP contribution in [0.3, 0.4) is 0 Å². The number of ether oxygens (including phenoxy) is 1. The molecule has 0 aromatic heterocycles. The minimum Gasteiger partial charge on any atom is -0.484 e. The smallest absolute Gasteiger partial charge is 0.262 e. The Morgan fingerprint density at radius 2 is 1.62 bits per heavy atom. The minimum absolute atomic E-state index is 0.0133. The van der Waals surface area contributed by atoms with E-state index in [1.807, 2.05) is 55.1 Å². The van der Waals surface area contributed by atoms with Gasteiger partial charge in [0.1, 0.15) is 5.75 Å². The Labute approximate surface area is 191 Å². The number of carbonyl (C=O) groups is 2. The average molecular weight is 438 g/mol. The summed E-state index contributed by atoms with van der Waals surface area (Å²) in [6.45, 7) is 11.0. The Hall–Kier alpha value is -3.02. The lowest BCUT2D eigenvalue weighted by Crippen LogP contribution is -2.50. The third-order valence-electron chi connectivity index (χ3n) is 6.04. The fourth-order valence-corrected chi connectivity index (χ4v) is 3.85. The summed E-state index contributed by atoms with van der Waals surface area (Å²) >= 11 is 0. The van der Waals surface area contributed by atoms with E-state index in [-0.39, 0.29) is 24.3 Å². The van der Waals surface area contributed by atoms with Crippen LogP contribution in [0.25, 0.3) is 0 Å². The highest BCUT2D eigenvalue weighted by atomic mass is 16.5. The number of anilines is 2. The van der Waals surface area contributed by atoms with E-state index in [1.54, 1.807) is 0 Å². The zero-order chi connectivity index (χ0) is 23.1. The molecule has 0 unspecified atom stereocenters. The van der Waals surface area contributed by atoms with Crippen molar-refractivity contribution in [1.82, 2.24) is 4.90 Å². The Balaban J connectivity index is 1.56. The van der Waals surface area contributed by atoms with Gasteiger partial charge in [0.15, 0.2) is 6.61 Å². The normalized spacial score (nSPS) is 14.9. The standard InChI is InChI=1S/C26H35N3O3/c1-5-20(4)21-10-12-22(13-11-21)32-18-25(30)27-23-8-6-7-9-24(23)28-14-16-29(17-15-28)26(31)19(2)3/h6-13,19-20H,5,14-18H2,1-4H3,(H,27,30)/t20-/m1/s1. The topological polar surface area (TPSA) is 61.9 Å². The van der Waals surface area contributed by atoms with Crippen LogP contribution in [-0.2, 0) is 9.59 Å². The van der Waals surface area contributed by atoms with Gasteiger partial charge < -0.3 is 19.9 Å². The fourth-order valence-electron chi connectivity index (χ4n) is 3.85. The summed E-state index contributed by atoms with van der Waals surface area (Å²) < 4.78 is 5.69. The molecule has 6 nitrogen and oxygen atoms in total. The second-order valence-electron chi connectivity index (χ2n) is 8.70. The zero-order valence-corrected chi connectivity index (χ0v) is 19.6. The van der Waals surface area contributed by atoms with Gasteiger partial charge in [0.25, 0.3) is 5.91 Å². The van der Waals surface area contributed by atoms with Crippen LogP contribution in [-0.4, -0.2) is 49.5 Å². The van der Waals surface area contributed by atoms with Gasteiger partial charge in [0.2, 0.25) is 5.91 Å². The molecule has 0 bridgehead atoms. The highest BCUT2D eigenvalue weighted by Gasteiger charge is 2.24. The number of nitrogens with one attached hydrogen (secondary N) is 1. The third-order valence-corrected chi connectivity index (χ3v) is 6.04. The quantitative estimate of drug-likeness (QED) is 0.659. The number of rotatable bonds is 8. The molecule has 2 amide bonds. The maximum Gasteiger partial charge on any atom is 0.262 e. The molecular formula is C26H35N3O3. The average Bonchev–Trinajstić information content (AvgIpc) is 2.82. The molecular weight excluding hydrogens is 402 g/mol. The number of hydrogen-bond acceptors (Lipinski definition) is 4. The second-order valence-corrected chi connectivity index (χ2v) is 8.70. The van der Waals surface area contributed by atoms with Crippen LogP contribution in [0.1, 0.15) is 45.6 Å². The van der Waals surface area contributed by atoms with E-state index in [2.05, 4.69) is 36.2 Å². The molecule has 0 aliphatic carbocycles. The molecule has 0 radical (unpaired) electrons. The zero-order valence-electron chi connectivity index (χ0n) is 19.6. The second kappa shape index (κ2) is 11.0. The van der Waals surface area contributed by atoms with Crippen molar-refractivity contribution in [3.05, 3.63) is 54.1 Å². The van der Waals surface area contributed by atoms with E-state index in [0.717, 1.165) is 30.9 Å². The van der Waals surface area contributed by atoms with Gasteiger partial charge in [-0.3, -0.25) is 9.59 Å². The first-order chi connectivity index (χ1) is 15.4. The van der Waals surface area contributed by atoms with Crippen LogP contribution in [0.5, 0.6) is 5.75 Å². The Morgan fingerprint density at radius 1 is 0.969 bits per heavy atom. The van der Waals surface area contributed by atoms with Gasteiger partial charge in [-0.15, -0.1) is 0 Å². The van der Waals surface area contributed by atoms with Crippen LogP contribution in [0, 0.1) is 5.92 Å². The molecule has 1 N–H and O–H groups in total.